The number of hydrogen-bond acceptors (Lipinski definition) is 3. The summed E-state index contributed by atoms with van der Waals surface area (Å²) in [4.78, 5) is 11.5. The van der Waals surface area contributed by atoms with Crippen molar-refractivity contribution in [3.63, 3.8) is 0 Å². The Bertz CT molecular complexity index is 687. The highest BCUT2D eigenvalue weighted by atomic mass is 35.5. The minimum absolute atomic E-state index is 0.108. The maximum Gasteiger partial charge on any atom is 0.162 e. The van der Waals surface area contributed by atoms with E-state index in [2.05, 4.69) is 0 Å². The number of ether oxygens (including phenoxy) is 1. The molecule has 0 saturated carbocycles. The van der Waals surface area contributed by atoms with Gasteiger partial charge in [0.05, 0.1) is 11.6 Å². The second-order valence-corrected chi connectivity index (χ2v) is 4.91. The van der Waals surface area contributed by atoms with Crippen LogP contribution in [0.25, 0.3) is 0 Å². The molecule has 2 aromatic rings. The Morgan fingerprint density at radius 3 is 2.52 bits per heavy atom. The third kappa shape index (κ3) is 3.84. The van der Waals surface area contributed by atoms with Crippen LogP contribution in [-0.4, -0.2) is 5.78 Å². The zero-order valence-corrected chi connectivity index (χ0v) is 12.4. The molecule has 4 heteroatoms. The van der Waals surface area contributed by atoms with E-state index in [1.165, 1.54) is 0 Å². The third-order valence-corrected chi connectivity index (χ3v) is 3.43. The minimum atomic E-state index is 0.108. The van der Waals surface area contributed by atoms with Crippen molar-refractivity contribution >= 4 is 17.4 Å². The van der Waals surface area contributed by atoms with E-state index in [1.807, 2.05) is 13.0 Å². The number of rotatable bonds is 5. The molecule has 0 saturated heterocycles. The Kier molecular flexibility index (Phi) is 4.97. The van der Waals surface area contributed by atoms with Gasteiger partial charge in [-0.3, -0.25) is 4.79 Å². The number of Topliss-reactive ketones (excluding diaryl/α,β-unsaturated/α-hetero) is 1. The quantitative estimate of drug-likeness (QED) is 0.770. The largest absolute Gasteiger partial charge is 0.489 e. The van der Waals surface area contributed by atoms with Crippen LogP contribution in [0.4, 0.5) is 0 Å². The molecular formula is C17H14ClNO2. The van der Waals surface area contributed by atoms with Gasteiger partial charge in [0.25, 0.3) is 0 Å². The molecule has 106 valence electrons. The Morgan fingerprint density at radius 2 is 1.95 bits per heavy atom. The fraction of sp³-hybridized carbons (Fsp3) is 0.176. The van der Waals surface area contributed by atoms with Gasteiger partial charge >= 0.3 is 0 Å². The monoisotopic (exact) mass is 299 g/mol. The molecule has 21 heavy (non-hydrogen) atoms. The van der Waals surface area contributed by atoms with E-state index in [9.17, 15) is 4.79 Å². The lowest BCUT2D eigenvalue weighted by atomic mass is 10.1. The molecule has 3 nitrogen and oxygen atoms in total. The summed E-state index contributed by atoms with van der Waals surface area (Å²) in [5.41, 5.74) is 2.01. The number of nitriles is 1. The molecule has 0 fully saturated rings. The van der Waals surface area contributed by atoms with E-state index in [4.69, 9.17) is 21.6 Å². The number of halogens is 1. The number of carbonyl (C=O) groups is 1. The summed E-state index contributed by atoms with van der Waals surface area (Å²) in [6.07, 6.45) is 0.487. The summed E-state index contributed by atoms with van der Waals surface area (Å²) in [6.45, 7) is 2.14. The Hall–Kier alpha value is -2.31. The molecule has 0 aliphatic heterocycles. The number of nitrogens with zero attached hydrogens (tertiary/aromatic N) is 1. The lowest BCUT2D eigenvalue weighted by molar-refractivity contribution is 0.0988. The molecule has 0 unspecified atom stereocenters. The van der Waals surface area contributed by atoms with Crippen LogP contribution in [0.1, 0.15) is 34.8 Å². The molecule has 0 atom stereocenters. The summed E-state index contributed by atoms with van der Waals surface area (Å²) in [5, 5.41) is 9.29. The van der Waals surface area contributed by atoms with Crippen LogP contribution in [0.5, 0.6) is 5.75 Å². The van der Waals surface area contributed by atoms with Gasteiger partial charge in [0.1, 0.15) is 12.4 Å². The lowest BCUT2D eigenvalue weighted by Crippen LogP contribution is -1.99. The van der Waals surface area contributed by atoms with Crippen molar-refractivity contribution in [3.05, 3.63) is 64.2 Å². The average molecular weight is 300 g/mol. The van der Waals surface area contributed by atoms with E-state index < -0.39 is 0 Å². The molecule has 0 radical (unpaired) electrons. The highest BCUT2D eigenvalue weighted by Crippen LogP contribution is 2.20. The average Bonchev–Trinajstić information content (AvgIpc) is 2.53. The molecular weight excluding hydrogens is 286 g/mol. The van der Waals surface area contributed by atoms with Crippen molar-refractivity contribution in [1.29, 1.82) is 5.26 Å². The maximum atomic E-state index is 11.5. The zero-order valence-electron chi connectivity index (χ0n) is 11.6. The second-order valence-electron chi connectivity index (χ2n) is 4.51. The van der Waals surface area contributed by atoms with E-state index in [-0.39, 0.29) is 5.78 Å². The topological polar surface area (TPSA) is 50.1 Å². The number of carbonyl (C=O) groups excluding carboxylic acids is 1. The van der Waals surface area contributed by atoms with Crippen LogP contribution in [0.15, 0.2) is 42.5 Å². The predicted molar refractivity (Wildman–Crippen MR) is 81.6 cm³/mol. The van der Waals surface area contributed by atoms with Crippen molar-refractivity contribution in [1.82, 2.24) is 0 Å². The van der Waals surface area contributed by atoms with Gasteiger partial charge in [-0.1, -0.05) is 24.6 Å². The second kappa shape index (κ2) is 6.92. The molecule has 0 amide bonds. The molecule has 2 aromatic carbocycles. The molecule has 2 rings (SSSR count). The number of hydrogen-bond donors (Lipinski definition) is 0. The molecule has 0 aromatic heterocycles. The van der Waals surface area contributed by atoms with E-state index in [0.29, 0.717) is 34.9 Å². The number of ketones is 1. The van der Waals surface area contributed by atoms with Crippen LogP contribution in [-0.2, 0) is 6.61 Å². The van der Waals surface area contributed by atoms with Gasteiger partial charge in [0.2, 0.25) is 0 Å². The maximum absolute atomic E-state index is 11.5. The first-order valence-electron chi connectivity index (χ1n) is 6.58. The van der Waals surface area contributed by atoms with Gasteiger partial charge in [0, 0.05) is 22.6 Å². The van der Waals surface area contributed by atoms with E-state index in [1.54, 1.807) is 42.5 Å². The van der Waals surface area contributed by atoms with Gasteiger partial charge in [-0.05, 0) is 36.4 Å². The lowest BCUT2D eigenvalue weighted by Gasteiger charge is -2.08. The summed E-state index contributed by atoms with van der Waals surface area (Å²) in [7, 11) is 0. The van der Waals surface area contributed by atoms with Crippen molar-refractivity contribution in [2.45, 2.75) is 20.0 Å². The number of benzene rings is 2. The summed E-state index contributed by atoms with van der Waals surface area (Å²) in [5.74, 6) is 0.778. The van der Waals surface area contributed by atoms with Crippen LogP contribution in [0.3, 0.4) is 0 Å². The van der Waals surface area contributed by atoms with Gasteiger partial charge in [-0.25, -0.2) is 0 Å². The first-order valence-corrected chi connectivity index (χ1v) is 6.96. The Balaban J connectivity index is 2.03. The van der Waals surface area contributed by atoms with E-state index >= 15 is 0 Å². The Morgan fingerprint density at radius 1 is 1.24 bits per heavy atom. The van der Waals surface area contributed by atoms with Gasteiger partial charge in [-0.15, -0.1) is 0 Å². The third-order valence-electron chi connectivity index (χ3n) is 3.07. The van der Waals surface area contributed by atoms with Crippen molar-refractivity contribution in [3.8, 4) is 11.8 Å². The highest BCUT2D eigenvalue weighted by Gasteiger charge is 2.05. The Labute approximate surface area is 128 Å². The SMILES string of the molecule is CCC(=O)c1ccc(OCc2ccc(C#N)cc2Cl)cc1. The van der Waals surface area contributed by atoms with E-state index in [0.717, 1.165) is 5.56 Å². The zero-order chi connectivity index (χ0) is 15.2. The fourth-order valence-corrected chi connectivity index (χ4v) is 2.07. The summed E-state index contributed by atoms with van der Waals surface area (Å²) < 4.78 is 5.64. The summed E-state index contributed by atoms with van der Waals surface area (Å²) >= 11 is 6.08. The predicted octanol–water partition coefficient (Wildman–Crippen LogP) is 4.38. The normalized spacial score (nSPS) is 9.95. The molecule has 0 bridgehead atoms. The summed E-state index contributed by atoms with van der Waals surface area (Å²) in [6, 6.07) is 14.2. The standard InChI is InChI=1S/C17H14ClNO2/c1-2-17(20)13-5-7-15(8-6-13)21-11-14-4-3-12(10-19)9-16(14)18/h3-9H,2,11H2,1H3. The van der Waals surface area contributed by atoms with Gasteiger partial charge in [-0.2, -0.15) is 5.26 Å². The van der Waals surface area contributed by atoms with Gasteiger partial charge in [0.15, 0.2) is 5.78 Å². The van der Waals surface area contributed by atoms with Crippen molar-refractivity contribution in [2.75, 3.05) is 0 Å². The van der Waals surface area contributed by atoms with Crippen molar-refractivity contribution < 1.29 is 9.53 Å². The molecule has 0 spiro atoms. The molecule has 0 N–H and O–H groups in total. The molecule has 0 aliphatic carbocycles. The smallest absolute Gasteiger partial charge is 0.162 e. The van der Waals surface area contributed by atoms with Crippen LogP contribution in [0.2, 0.25) is 5.02 Å². The van der Waals surface area contributed by atoms with Crippen LogP contribution in [0, 0.1) is 11.3 Å². The first-order chi connectivity index (χ1) is 10.1. The van der Waals surface area contributed by atoms with Crippen LogP contribution < -0.4 is 4.74 Å². The van der Waals surface area contributed by atoms with Gasteiger partial charge < -0.3 is 4.74 Å². The molecule has 0 heterocycles. The highest BCUT2D eigenvalue weighted by molar-refractivity contribution is 6.31. The minimum Gasteiger partial charge on any atom is -0.489 e. The molecule has 0 aliphatic rings. The van der Waals surface area contributed by atoms with Crippen molar-refractivity contribution in [2.24, 2.45) is 0 Å². The fourth-order valence-electron chi connectivity index (χ4n) is 1.84. The first kappa shape index (κ1) is 15.1. The van der Waals surface area contributed by atoms with Crippen LogP contribution >= 0.6 is 11.6 Å².